The van der Waals surface area contributed by atoms with Gasteiger partial charge in [-0.25, -0.2) is 0 Å². The van der Waals surface area contributed by atoms with Crippen molar-refractivity contribution in [3.05, 3.63) is 29.3 Å². The quantitative estimate of drug-likeness (QED) is 0.595. The minimum absolute atomic E-state index is 0.443. The molecule has 0 unspecified atom stereocenters. The fraction of sp³-hybridized carbons (Fsp3) is 0.125. The van der Waals surface area contributed by atoms with E-state index in [2.05, 4.69) is 0 Å². The van der Waals surface area contributed by atoms with Gasteiger partial charge in [-0.3, -0.25) is 10.7 Å². The molecule has 0 aliphatic rings. The van der Waals surface area contributed by atoms with Crippen molar-refractivity contribution >= 4 is 5.69 Å². The zero-order valence-electron chi connectivity index (χ0n) is 6.13. The third-order valence-corrected chi connectivity index (χ3v) is 1.42. The molecule has 0 fully saturated rings. The zero-order valence-corrected chi connectivity index (χ0v) is 6.13. The minimum atomic E-state index is 0.443. The maximum absolute atomic E-state index is 8.57. The first-order valence-electron chi connectivity index (χ1n) is 3.19. The van der Waals surface area contributed by atoms with Gasteiger partial charge in [0.15, 0.2) is 0 Å². The second-order valence-corrected chi connectivity index (χ2v) is 2.27. The van der Waals surface area contributed by atoms with Crippen molar-refractivity contribution < 1.29 is 5.21 Å². The van der Waals surface area contributed by atoms with Crippen LogP contribution in [0.2, 0.25) is 0 Å². The molecule has 56 valence electrons. The second-order valence-electron chi connectivity index (χ2n) is 2.27. The number of rotatable bonds is 1. The Morgan fingerprint density at radius 1 is 1.55 bits per heavy atom. The van der Waals surface area contributed by atoms with Gasteiger partial charge in [0.05, 0.1) is 11.3 Å². The lowest BCUT2D eigenvalue weighted by atomic mass is 10.1. The maximum Gasteiger partial charge on any atom is 0.101 e. The molecule has 11 heavy (non-hydrogen) atoms. The molecule has 0 aromatic heterocycles. The second kappa shape index (κ2) is 3.04. The summed E-state index contributed by atoms with van der Waals surface area (Å²) in [7, 11) is 0. The fourth-order valence-electron chi connectivity index (χ4n) is 0.848. The van der Waals surface area contributed by atoms with Crippen molar-refractivity contribution in [3.63, 3.8) is 0 Å². The van der Waals surface area contributed by atoms with Crippen LogP contribution in [0.1, 0.15) is 11.1 Å². The summed E-state index contributed by atoms with van der Waals surface area (Å²) in [5, 5.41) is 17.1. The molecule has 2 N–H and O–H groups in total. The average molecular weight is 148 g/mol. The molecule has 1 rings (SSSR count). The molecule has 3 nitrogen and oxygen atoms in total. The molecule has 0 saturated carbocycles. The Bertz CT molecular complexity index is 301. The largest absolute Gasteiger partial charge is 0.291 e. The number of nitriles is 1. The van der Waals surface area contributed by atoms with Crippen LogP contribution < -0.4 is 5.48 Å². The summed E-state index contributed by atoms with van der Waals surface area (Å²) < 4.78 is 0. The molecule has 0 atom stereocenters. The van der Waals surface area contributed by atoms with Gasteiger partial charge in [0.25, 0.3) is 0 Å². The van der Waals surface area contributed by atoms with E-state index in [0.29, 0.717) is 11.3 Å². The predicted octanol–water partition coefficient (Wildman–Crippen LogP) is 1.67. The van der Waals surface area contributed by atoms with E-state index < -0.39 is 0 Å². The highest BCUT2D eigenvalue weighted by Gasteiger charge is 1.98. The molecular weight excluding hydrogens is 140 g/mol. The number of hydrogen-bond donors (Lipinski definition) is 2. The van der Waals surface area contributed by atoms with Crippen LogP contribution in [0, 0.1) is 18.3 Å². The first-order chi connectivity index (χ1) is 5.27. The van der Waals surface area contributed by atoms with Crippen LogP contribution in [0.3, 0.4) is 0 Å². The van der Waals surface area contributed by atoms with Gasteiger partial charge in [0, 0.05) is 0 Å². The maximum atomic E-state index is 8.57. The van der Waals surface area contributed by atoms with E-state index in [1.807, 2.05) is 24.5 Å². The third-order valence-electron chi connectivity index (χ3n) is 1.42. The van der Waals surface area contributed by atoms with Crippen LogP contribution in [0.5, 0.6) is 0 Å². The molecule has 0 amide bonds. The van der Waals surface area contributed by atoms with Crippen molar-refractivity contribution in [1.82, 2.24) is 0 Å². The number of benzene rings is 1. The van der Waals surface area contributed by atoms with Gasteiger partial charge in [-0.2, -0.15) is 5.26 Å². The highest BCUT2D eigenvalue weighted by Crippen LogP contribution is 2.14. The number of nitrogens with zero attached hydrogens (tertiary/aromatic N) is 1. The normalized spacial score (nSPS) is 8.82. The molecule has 0 spiro atoms. The topological polar surface area (TPSA) is 56.0 Å². The molecule has 3 heteroatoms. The zero-order chi connectivity index (χ0) is 8.27. The number of nitrogens with one attached hydrogen (secondary N) is 1. The Hall–Kier alpha value is -1.53. The van der Waals surface area contributed by atoms with Gasteiger partial charge in [0.2, 0.25) is 0 Å². The molecule has 0 heterocycles. The lowest BCUT2D eigenvalue weighted by Crippen LogP contribution is -1.92. The highest BCUT2D eigenvalue weighted by molar-refractivity contribution is 5.56. The molecule has 0 aliphatic carbocycles. The van der Waals surface area contributed by atoms with Crippen LogP contribution in [0.25, 0.3) is 0 Å². The van der Waals surface area contributed by atoms with Crippen molar-refractivity contribution in [2.75, 3.05) is 5.48 Å². The van der Waals surface area contributed by atoms with Crippen molar-refractivity contribution in [1.29, 1.82) is 5.26 Å². The molecule has 0 saturated heterocycles. The van der Waals surface area contributed by atoms with Crippen LogP contribution in [0.4, 0.5) is 5.69 Å². The Morgan fingerprint density at radius 3 is 2.82 bits per heavy atom. The number of anilines is 1. The molecule has 0 aliphatic heterocycles. The van der Waals surface area contributed by atoms with Gasteiger partial charge in [-0.15, -0.1) is 0 Å². The third kappa shape index (κ3) is 1.48. The van der Waals surface area contributed by atoms with Crippen molar-refractivity contribution in [2.45, 2.75) is 6.92 Å². The lowest BCUT2D eigenvalue weighted by molar-refractivity contribution is 0.388. The summed E-state index contributed by atoms with van der Waals surface area (Å²) in [6.07, 6.45) is 0. The Labute approximate surface area is 64.9 Å². The summed E-state index contributed by atoms with van der Waals surface area (Å²) in [6.45, 7) is 1.89. The SMILES string of the molecule is Cc1ccc(NO)c(C#N)c1. The first kappa shape index (κ1) is 7.58. The van der Waals surface area contributed by atoms with Crippen molar-refractivity contribution in [2.24, 2.45) is 0 Å². The first-order valence-corrected chi connectivity index (χ1v) is 3.19. The predicted molar refractivity (Wildman–Crippen MR) is 41.3 cm³/mol. The summed E-state index contributed by atoms with van der Waals surface area (Å²) in [5.74, 6) is 0. The summed E-state index contributed by atoms with van der Waals surface area (Å²) in [4.78, 5) is 0. The number of aryl methyl sites for hydroxylation is 1. The molecule has 1 aromatic carbocycles. The van der Waals surface area contributed by atoms with Crippen LogP contribution in [-0.2, 0) is 0 Å². The lowest BCUT2D eigenvalue weighted by Gasteiger charge is -2.00. The molecule has 0 radical (unpaired) electrons. The van der Waals surface area contributed by atoms with Crippen LogP contribution in [-0.4, -0.2) is 5.21 Å². The number of hydrogen-bond acceptors (Lipinski definition) is 3. The Kier molecular flexibility index (Phi) is 2.09. The smallest absolute Gasteiger partial charge is 0.101 e. The van der Waals surface area contributed by atoms with E-state index in [-0.39, 0.29) is 0 Å². The average Bonchev–Trinajstić information content (AvgIpc) is 2.04. The monoisotopic (exact) mass is 148 g/mol. The standard InChI is InChI=1S/C8H8N2O/c1-6-2-3-8(10-11)7(4-6)5-9/h2-4,10-11H,1H3. The Balaban J connectivity index is 3.19. The Morgan fingerprint density at radius 2 is 2.27 bits per heavy atom. The van der Waals surface area contributed by atoms with Crippen molar-refractivity contribution in [3.8, 4) is 6.07 Å². The minimum Gasteiger partial charge on any atom is -0.291 e. The van der Waals surface area contributed by atoms with Gasteiger partial charge in [0.1, 0.15) is 6.07 Å². The molecule has 0 bridgehead atoms. The van der Waals surface area contributed by atoms with Gasteiger partial charge in [-0.1, -0.05) is 6.07 Å². The van der Waals surface area contributed by atoms with Crippen LogP contribution in [0.15, 0.2) is 18.2 Å². The highest BCUT2D eigenvalue weighted by atomic mass is 16.5. The van der Waals surface area contributed by atoms with Gasteiger partial charge < -0.3 is 0 Å². The van der Waals surface area contributed by atoms with Gasteiger partial charge >= 0.3 is 0 Å². The fourth-order valence-corrected chi connectivity index (χ4v) is 0.848. The van der Waals surface area contributed by atoms with E-state index in [1.54, 1.807) is 12.1 Å². The summed E-state index contributed by atoms with van der Waals surface area (Å²) >= 11 is 0. The molecule has 1 aromatic rings. The van der Waals surface area contributed by atoms with Crippen LogP contribution >= 0.6 is 0 Å². The van der Waals surface area contributed by atoms with Gasteiger partial charge in [-0.05, 0) is 24.6 Å². The summed E-state index contributed by atoms with van der Waals surface area (Å²) in [6, 6.07) is 7.15. The summed E-state index contributed by atoms with van der Waals surface area (Å²) in [5.41, 5.74) is 3.85. The molecular formula is C8H8N2O. The van der Waals surface area contributed by atoms with E-state index in [1.165, 1.54) is 0 Å². The van der Waals surface area contributed by atoms with E-state index in [4.69, 9.17) is 10.5 Å². The van der Waals surface area contributed by atoms with E-state index >= 15 is 0 Å². The van der Waals surface area contributed by atoms with E-state index in [0.717, 1.165) is 5.56 Å². The van der Waals surface area contributed by atoms with E-state index in [9.17, 15) is 0 Å².